The molecule has 0 unspecified atom stereocenters. The molecule has 0 fully saturated rings. The van der Waals surface area contributed by atoms with Crippen molar-refractivity contribution >= 4 is 65.1 Å². The van der Waals surface area contributed by atoms with Gasteiger partial charge in [-0.05, 0) is 56.1 Å². The highest BCUT2D eigenvalue weighted by atomic mass is 79.9. The van der Waals surface area contributed by atoms with Gasteiger partial charge in [0.2, 0.25) is 0 Å². The molecule has 20 heavy (non-hydrogen) atoms. The molecule has 0 radical (unpaired) electrons. The highest BCUT2D eigenvalue weighted by molar-refractivity contribution is 9.11. The third-order valence-electron chi connectivity index (χ3n) is 2.51. The Morgan fingerprint density at radius 3 is 2.45 bits per heavy atom. The smallest absolute Gasteiger partial charge is 0.259 e. The molecule has 1 amide bonds. The minimum atomic E-state index is -0.608. The van der Waals surface area contributed by atoms with Crippen LogP contribution in [0.3, 0.4) is 0 Å². The van der Waals surface area contributed by atoms with E-state index in [0.29, 0.717) is 20.3 Å². The van der Waals surface area contributed by atoms with Crippen LogP contribution in [0.5, 0.6) is 0 Å². The van der Waals surface area contributed by atoms with Crippen molar-refractivity contribution in [3.63, 3.8) is 0 Å². The average Bonchev–Trinajstić information content (AvgIpc) is 2.33. The number of nitrogens with one attached hydrogen (secondary N) is 1. The summed E-state index contributed by atoms with van der Waals surface area (Å²) in [7, 11) is 0. The first-order valence-corrected chi connectivity index (χ1v) is 7.78. The Labute approximate surface area is 140 Å². The lowest BCUT2D eigenvalue weighted by Crippen LogP contribution is -2.16. The number of rotatable bonds is 2. The third kappa shape index (κ3) is 3.21. The van der Waals surface area contributed by atoms with E-state index in [9.17, 15) is 9.18 Å². The molecule has 0 atom stereocenters. The second-order valence-electron chi connectivity index (χ2n) is 3.90. The fourth-order valence-corrected chi connectivity index (χ4v) is 3.50. The lowest BCUT2D eigenvalue weighted by Gasteiger charge is -2.12. The maximum Gasteiger partial charge on any atom is 0.259 e. The summed E-state index contributed by atoms with van der Waals surface area (Å²) in [6.45, 7) is 0. The van der Waals surface area contributed by atoms with Gasteiger partial charge >= 0.3 is 0 Å². The van der Waals surface area contributed by atoms with Gasteiger partial charge in [0.1, 0.15) is 5.82 Å². The summed E-state index contributed by atoms with van der Waals surface area (Å²) in [4.78, 5) is 12.2. The van der Waals surface area contributed by atoms with Crippen molar-refractivity contribution in [3.8, 4) is 0 Å². The number of hydrogen-bond donors (Lipinski definition) is 2. The van der Waals surface area contributed by atoms with Crippen molar-refractivity contribution in [2.24, 2.45) is 0 Å². The minimum absolute atomic E-state index is 0.0679. The second-order valence-corrected chi connectivity index (χ2v) is 6.53. The molecule has 3 nitrogen and oxygen atoms in total. The topological polar surface area (TPSA) is 55.1 Å². The molecule has 0 aliphatic rings. The molecule has 2 aromatic carbocycles. The quantitative estimate of drug-likeness (QED) is 0.615. The zero-order chi connectivity index (χ0) is 14.9. The molecule has 0 aromatic heterocycles. The lowest BCUT2D eigenvalue weighted by atomic mass is 10.2. The van der Waals surface area contributed by atoms with Gasteiger partial charge in [0.05, 0.1) is 16.9 Å². The number of nitrogens with two attached hydrogens (primary N) is 1. The fraction of sp³-hybridized carbons (Fsp3) is 0. The summed E-state index contributed by atoms with van der Waals surface area (Å²) < 4.78 is 15.5. The van der Waals surface area contributed by atoms with Crippen molar-refractivity contribution < 1.29 is 9.18 Å². The Morgan fingerprint density at radius 2 is 1.85 bits per heavy atom. The molecular weight excluding hydrogens is 459 g/mol. The van der Waals surface area contributed by atoms with E-state index in [1.807, 2.05) is 0 Å². The Kier molecular flexibility index (Phi) is 4.82. The van der Waals surface area contributed by atoms with Gasteiger partial charge in [-0.3, -0.25) is 4.79 Å². The number of hydrogen-bond acceptors (Lipinski definition) is 2. The predicted molar refractivity (Wildman–Crippen MR) is 88.3 cm³/mol. The predicted octanol–water partition coefficient (Wildman–Crippen LogP) is 4.95. The standard InChI is InChI=1S/C13H8Br3FN2O/c14-6-4-8(16)12(10(18)5-6)19-13(20)11-7(15)2-1-3-9(11)17/h1-5H,18H2,(H,19,20). The number of amides is 1. The van der Waals surface area contributed by atoms with Crippen LogP contribution >= 0.6 is 47.8 Å². The van der Waals surface area contributed by atoms with E-state index in [2.05, 4.69) is 53.1 Å². The Bertz CT molecular complexity index is 648. The van der Waals surface area contributed by atoms with Crippen LogP contribution in [-0.4, -0.2) is 5.91 Å². The number of nitrogen functional groups attached to an aromatic ring is 1. The van der Waals surface area contributed by atoms with Crippen LogP contribution in [0.1, 0.15) is 10.4 Å². The third-order valence-corrected chi connectivity index (χ3v) is 4.26. The molecular formula is C13H8Br3FN2O. The first kappa shape index (κ1) is 15.5. The highest BCUT2D eigenvalue weighted by Gasteiger charge is 2.17. The van der Waals surface area contributed by atoms with Gasteiger partial charge < -0.3 is 11.1 Å². The van der Waals surface area contributed by atoms with E-state index in [1.165, 1.54) is 12.1 Å². The van der Waals surface area contributed by atoms with E-state index in [1.54, 1.807) is 18.2 Å². The average molecular weight is 467 g/mol. The Balaban J connectivity index is 2.38. The molecule has 0 aliphatic carbocycles. The molecule has 2 rings (SSSR count). The van der Waals surface area contributed by atoms with E-state index < -0.39 is 11.7 Å². The van der Waals surface area contributed by atoms with Crippen molar-refractivity contribution in [1.82, 2.24) is 0 Å². The van der Waals surface area contributed by atoms with Gasteiger partial charge in [0.25, 0.3) is 5.91 Å². The second kappa shape index (κ2) is 6.24. The summed E-state index contributed by atoms with van der Waals surface area (Å²) in [5.74, 6) is -1.19. The first-order chi connectivity index (χ1) is 9.40. The molecule has 2 aromatic rings. The summed E-state index contributed by atoms with van der Waals surface area (Å²) >= 11 is 9.76. The fourth-order valence-electron chi connectivity index (χ4n) is 1.62. The molecule has 0 heterocycles. The van der Waals surface area contributed by atoms with Gasteiger partial charge in [-0.2, -0.15) is 0 Å². The zero-order valence-corrected chi connectivity index (χ0v) is 14.6. The lowest BCUT2D eigenvalue weighted by molar-refractivity contribution is 0.102. The van der Waals surface area contributed by atoms with Crippen LogP contribution < -0.4 is 11.1 Å². The molecule has 3 N–H and O–H groups in total. The van der Waals surface area contributed by atoms with Crippen LogP contribution in [0, 0.1) is 5.82 Å². The van der Waals surface area contributed by atoms with Crippen LogP contribution in [0.2, 0.25) is 0 Å². The summed E-state index contributed by atoms with van der Waals surface area (Å²) in [6.07, 6.45) is 0. The maximum absolute atomic E-state index is 13.7. The van der Waals surface area contributed by atoms with Gasteiger partial charge in [0, 0.05) is 13.4 Å². The van der Waals surface area contributed by atoms with Crippen LogP contribution in [0.15, 0.2) is 43.7 Å². The van der Waals surface area contributed by atoms with Gasteiger partial charge in [-0.15, -0.1) is 0 Å². The minimum Gasteiger partial charge on any atom is -0.397 e. The molecule has 0 saturated heterocycles. The molecule has 0 saturated carbocycles. The normalized spacial score (nSPS) is 10.4. The summed E-state index contributed by atoms with van der Waals surface area (Å²) in [5.41, 5.74) is 6.54. The number of halogens is 4. The van der Waals surface area contributed by atoms with E-state index in [4.69, 9.17) is 5.73 Å². The van der Waals surface area contributed by atoms with Gasteiger partial charge in [-0.25, -0.2) is 4.39 Å². The molecule has 0 aliphatic heterocycles. The summed E-state index contributed by atoms with van der Waals surface area (Å²) in [5, 5.41) is 2.60. The van der Waals surface area contributed by atoms with Gasteiger partial charge in [0.15, 0.2) is 0 Å². The molecule has 0 spiro atoms. The van der Waals surface area contributed by atoms with Gasteiger partial charge in [-0.1, -0.05) is 22.0 Å². The van der Waals surface area contributed by atoms with E-state index >= 15 is 0 Å². The molecule has 7 heteroatoms. The van der Waals surface area contributed by atoms with Crippen LogP contribution in [-0.2, 0) is 0 Å². The molecule has 0 bridgehead atoms. The van der Waals surface area contributed by atoms with Crippen LogP contribution in [0.25, 0.3) is 0 Å². The largest absolute Gasteiger partial charge is 0.397 e. The van der Waals surface area contributed by atoms with E-state index in [0.717, 1.165) is 4.47 Å². The SMILES string of the molecule is Nc1cc(Br)cc(Br)c1NC(=O)c1c(F)cccc1Br. The maximum atomic E-state index is 13.7. The number of anilines is 2. The summed E-state index contributed by atoms with van der Waals surface area (Å²) in [6, 6.07) is 7.72. The van der Waals surface area contributed by atoms with Crippen LogP contribution in [0.4, 0.5) is 15.8 Å². The van der Waals surface area contributed by atoms with Crippen molar-refractivity contribution in [2.75, 3.05) is 11.1 Å². The Hall–Kier alpha value is -0.920. The molecule has 104 valence electrons. The van der Waals surface area contributed by atoms with Crippen molar-refractivity contribution in [3.05, 3.63) is 55.1 Å². The van der Waals surface area contributed by atoms with Crippen molar-refractivity contribution in [2.45, 2.75) is 0 Å². The number of benzene rings is 2. The number of carbonyl (C=O) groups is 1. The highest BCUT2D eigenvalue weighted by Crippen LogP contribution is 2.33. The number of carbonyl (C=O) groups excluding carboxylic acids is 1. The monoisotopic (exact) mass is 464 g/mol. The Morgan fingerprint density at radius 1 is 1.15 bits per heavy atom. The zero-order valence-electron chi connectivity index (χ0n) is 9.88. The van der Waals surface area contributed by atoms with E-state index in [-0.39, 0.29) is 5.56 Å². The first-order valence-electron chi connectivity index (χ1n) is 5.40. The van der Waals surface area contributed by atoms with Crippen molar-refractivity contribution in [1.29, 1.82) is 0 Å².